The fraction of sp³-hybridized carbons (Fsp3) is 0.300. The lowest BCUT2D eigenvalue weighted by Gasteiger charge is -2.15. The van der Waals surface area contributed by atoms with E-state index in [4.69, 9.17) is 11.6 Å². The third kappa shape index (κ3) is 3.80. The number of alkyl halides is 4. The number of nitrogens with zero attached hydrogens (tertiary/aromatic N) is 1. The van der Waals surface area contributed by atoms with E-state index in [0.717, 1.165) is 18.2 Å². The standard InChI is InChI=1S/C10H7ClF4N2O3/c11-6-3-5(1-2-7(6)17(19)20)8(18)16-4-10(14,15)9(12)13/h1-3,9H,4H2,(H,16,18). The Labute approximate surface area is 114 Å². The third-order valence-electron chi connectivity index (χ3n) is 2.21. The number of carbonyl (C=O) groups excluding carboxylic acids is 1. The summed E-state index contributed by atoms with van der Waals surface area (Å²) in [6.45, 7) is -1.56. The number of carbonyl (C=O) groups is 1. The second kappa shape index (κ2) is 6.04. The van der Waals surface area contributed by atoms with Crippen molar-refractivity contribution in [2.24, 2.45) is 0 Å². The molecule has 1 aromatic rings. The lowest BCUT2D eigenvalue weighted by Crippen LogP contribution is -2.41. The Morgan fingerprint density at radius 2 is 2.05 bits per heavy atom. The normalized spacial score (nSPS) is 11.5. The van der Waals surface area contributed by atoms with Gasteiger partial charge < -0.3 is 5.32 Å². The summed E-state index contributed by atoms with van der Waals surface area (Å²) in [7, 11) is 0. The molecule has 0 aliphatic carbocycles. The first kappa shape index (κ1) is 16.2. The van der Waals surface area contributed by atoms with Gasteiger partial charge in [0.05, 0.1) is 11.5 Å². The van der Waals surface area contributed by atoms with Crippen LogP contribution in [0.1, 0.15) is 10.4 Å². The molecule has 0 aliphatic heterocycles. The molecule has 1 N–H and O–H groups in total. The van der Waals surface area contributed by atoms with Crippen molar-refractivity contribution in [3.05, 3.63) is 38.9 Å². The van der Waals surface area contributed by atoms with Crippen molar-refractivity contribution in [2.45, 2.75) is 12.3 Å². The Balaban J connectivity index is 2.79. The number of rotatable bonds is 5. The maximum Gasteiger partial charge on any atom is 0.324 e. The Morgan fingerprint density at radius 1 is 1.45 bits per heavy atom. The van der Waals surface area contributed by atoms with Crippen molar-refractivity contribution in [2.75, 3.05) is 6.54 Å². The van der Waals surface area contributed by atoms with Crippen LogP contribution in [0.4, 0.5) is 23.2 Å². The van der Waals surface area contributed by atoms with E-state index in [1.807, 2.05) is 0 Å². The summed E-state index contributed by atoms with van der Waals surface area (Å²) >= 11 is 5.52. The molecule has 10 heteroatoms. The van der Waals surface area contributed by atoms with E-state index in [-0.39, 0.29) is 10.6 Å². The first-order chi connectivity index (χ1) is 9.15. The van der Waals surface area contributed by atoms with Gasteiger partial charge in [-0.3, -0.25) is 14.9 Å². The lowest BCUT2D eigenvalue weighted by atomic mass is 10.2. The first-order valence-corrected chi connectivity index (χ1v) is 5.41. The molecule has 0 radical (unpaired) electrons. The van der Waals surface area contributed by atoms with Crippen LogP contribution in [0.15, 0.2) is 18.2 Å². The quantitative estimate of drug-likeness (QED) is 0.516. The predicted molar refractivity (Wildman–Crippen MR) is 61.4 cm³/mol. The summed E-state index contributed by atoms with van der Waals surface area (Å²) in [4.78, 5) is 21.1. The summed E-state index contributed by atoms with van der Waals surface area (Å²) in [5.74, 6) is -5.46. The van der Waals surface area contributed by atoms with Crippen molar-refractivity contribution in [3.8, 4) is 0 Å². The first-order valence-electron chi connectivity index (χ1n) is 5.03. The van der Waals surface area contributed by atoms with Gasteiger partial charge in [0, 0.05) is 11.6 Å². The number of nitro benzene ring substituents is 1. The third-order valence-corrected chi connectivity index (χ3v) is 2.51. The number of halogens is 5. The van der Waals surface area contributed by atoms with Gasteiger partial charge in [0.25, 0.3) is 11.6 Å². The number of benzene rings is 1. The fourth-order valence-corrected chi connectivity index (χ4v) is 1.42. The minimum absolute atomic E-state index is 0.259. The molecule has 1 aromatic carbocycles. The predicted octanol–water partition coefficient (Wildman–Crippen LogP) is 2.88. The van der Waals surface area contributed by atoms with Crippen molar-refractivity contribution in [1.29, 1.82) is 0 Å². The lowest BCUT2D eigenvalue weighted by molar-refractivity contribution is -0.384. The van der Waals surface area contributed by atoms with Crippen LogP contribution in [0.5, 0.6) is 0 Å². The molecule has 0 spiro atoms. The highest BCUT2D eigenvalue weighted by Crippen LogP contribution is 2.25. The number of amides is 1. The molecule has 0 fully saturated rings. The van der Waals surface area contributed by atoms with Gasteiger partial charge in [-0.1, -0.05) is 11.6 Å². The molecule has 1 rings (SSSR count). The molecular weight excluding hydrogens is 308 g/mol. The van der Waals surface area contributed by atoms with Gasteiger partial charge >= 0.3 is 12.3 Å². The summed E-state index contributed by atoms with van der Waals surface area (Å²) in [6, 6.07) is 2.76. The van der Waals surface area contributed by atoms with Gasteiger partial charge in [0.1, 0.15) is 5.02 Å². The zero-order chi connectivity index (χ0) is 15.5. The zero-order valence-corrected chi connectivity index (χ0v) is 10.3. The Kier molecular flexibility index (Phi) is 4.88. The number of nitrogens with one attached hydrogen (secondary N) is 1. The maximum atomic E-state index is 12.6. The molecule has 5 nitrogen and oxygen atoms in total. The second-order valence-electron chi connectivity index (χ2n) is 3.67. The molecule has 20 heavy (non-hydrogen) atoms. The van der Waals surface area contributed by atoms with Crippen molar-refractivity contribution < 1.29 is 27.3 Å². The average Bonchev–Trinajstić information content (AvgIpc) is 2.35. The Hall–Kier alpha value is -1.90. The van der Waals surface area contributed by atoms with E-state index in [2.05, 4.69) is 0 Å². The molecule has 1 amide bonds. The minimum atomic E-state index is -4.36. The van der Waals surface area contributed by atoms with E-state index in [0.29, 0.717) is 0 Å². The van der Waals surface area contributed by atoms with Crippen LogP contribution in [0, 0.1) is 10.1 Å². The van der Waals surface area contributed by atoms with E-state index < -0.39 is 35.4 Å². The fourth-order valence-electron chi connectivity index (χ4n) is 1.17. The Bertz CT molecular complexity index is 539. The molecular formula is C10H7ClF4N2O3. The van der Waals surface area contributed by atoms with Crippen LogP contribution in [0.25, 0.3) is 0 Å². The number of hydrogen-bond acceptors (Lipinski definition) is 3. The van der Waals surface area contributed by atoms with Crippen LogP contribution < -0.4 is 5.32 Å². The summed E-state index contributed by atoms with van der Waals surface area (Å²) in [5, 5.41) is 11.7. The van der Waals surface area contributed by atoms with Crippen molar-refractivity contribution >= 4 is 23.2 Å². The van der Waals surface area contributed by atoms with Gasteiger partial charge in [0.2, 0.25) is 0 Å². The highest BCUT2D eigenvalue weighted by molar-refractivity contribution is 6.33. The van der Waals surface area contributed by atoms with Gasteiger partial charge in [-0.15, -0.1) is 0 Å². The van der Waals surface area contributed by atoms with E-state index in [1.165, 1.54) is 0 Å². The molecule has 0 unspecified atom stereocenters. The molecule has 0 saturated heterocycles. The number of nitro groups is 1. The van der Waals surface area contributed by atoms with Gasteiger partial charge in [0.15, 0.2) is 0 Å². The van der Waals surface area contributed by atoms with E-state index in [1.54, 1.807) is 5.32 Å². The van der Waals surface area contributed by atoms with E-state index >= 15 is 0 Å². The van der Waals surface area contributed by atoms with Crippen LogP contribution in [-0.4, -0.2) is 29.7 Å². The molecule has 0 atom stereocenters. The average molecular weight is 315 g/mol. The van der Waals surface area contributed by atoms with Crippen LogP contribution in [0.3, 0.4) is 0 Å². The van der Waals surface area contributed by atoms with Gasteiger partial charge in [-0.05, 0) is 12.1 Å². The summed E-state index contributed by atoms with van der Waals surface area (Å²) < 4.78 is 48.9. The number of hydrogen-bond donors (Lipinski definition) is 1. The molecule has 110 valence electrons. The monoisotopic (exact) mass is 314 g/mol. The molecule has 0 aliphatic rings. The van der Waals surface area contributed by atoms with Gasteiger partial charge in [-0.25, -0.2) is 8.78 Å². The second-order valence-corrected chi connectivity index (χ2v) is 4.07. The van der Waals surface area contributed by atoms with Crippen molar-refractivity contribution in [3.63, 3.8) is 0 Å². The molecule has 0 aromatic heterocycles. The van der Waals surface area contributed by atoms with E-state index in [9.17, 15) is 32.5 Å². The molecule has 0 saturated carbocycles. The summed E-state index contributed by atoms with van der Waals surface area (Å²) in [6.07, 6.45) is -3.91. The molecule has 0 heterocycles. The maximum absolute atomic E-state index is 12.6. The SMILES string of the molecule is O=C(NCC(F)(F)C(F)F)c1ccc([N+](=O)[O-])c(Cl)c1. The van der Waals surface area contributed by atoms with Crippen LogP contribution >= 0.6 is 11.6 Å². The zero-order valence-electron chi connectivity index (χ0n) is 9.58. The molecule has 0 bridgehead atoms. The van der Waals surface area contributed by atoms with Crippen molar-refractivity contribution in [1.82, 2.24) is 5.32 Å². The topological polar surface area (TPSA) is 72.2 Å². The summed E-state index contributed by atoms with van der Waals surface area (Å²) in [5.41, 5.74) is -0.730. The highest BCUT2D eigenvalue weighted by Gasteiger charge is 2.40. The minimum Gasteiger partial charge on any atom is -0.346 e. The highest BCUT2D eigenvalue weighted by atomic mass is 35.5. The van der Waals surface area contributed by atoms with Crippen LogP contribution in [-0.2, 0) is 0 Å². The van der Waals surface area contributed by atoms with Gasteiger partial charge in [-0.2, -0.15) is 8.78 Å². The largest absolute Gasteiger partial charge is 0.346 e. The van der Waals surface area contributed by atoms with Crippen LogP contribution in [0.2, 0.25) is 5.02 Å². The smallest absolute Gasteiger partial charge is 0.324 e. The Morgan fingerprint density at radius 3 is 2.50 bits per heavy atom.